The van der Waals surface area contributed by atoms with Gasteiger partial charge in [-0.2, -0.15) is 13.2 Å². The van der Waals surface area contributed by atoms with E-state index in [1.165, 1.54) is 18.2 Å². The molecule has 2 aromatic rings. The van der Waals surface area contributed by atoms with Gasteiger partial charge in [0, 0.05) is 17.8 Å². The Labute approximate surface area is 143 Å². The largest absolute Gasteiger partial charge is 0.481 e. The molecule has 1 fully saturated rings. The number of hydrogen-bond acceptors (Lipinski definition) is 3. The normalized spacial score (nSPS) is 21.1. The number of carbonyl (C=O) groups excluding carboxylic acids is 1. The summed E-state index contributed by atoms with van der Waals surface area (Å²) in [6.45, 7) is 0.370. The van der Waals surface area contributed by atoms with Crippen LogP contribution in [0.25, 0.3) is 10.1 Å². The SMILES string of the molecule is Cc1c(C(=O)N2CCC(C(=O)O)(C(F)(F)F)C2)sc2ccc(F)cc12. The number of aryl methyl sites for hydroxylation is 1. The molecule has 1 aliphatic rings. The zero-order chi connectivity index (χ0) is 18.6. The second-order valence-electron chi connectivity index (χ2n) is 6.06. The second kappa shape index (κ2) is 5.69. The number of carboxylic acid groups (broad SMARTS) is 1. The van der Waals surface area contributed by atoms with E-state index in [-0.39, 0.29) is 11.4 Å². The molecule has 1 N–H and O–H groups in total. The molecule has 1 amide bonds. The average molecular weight is 375 g/mol. The van der Waals surface area contributed by atoms with Crippen molar-refractivity contribution < 1.29 is 32.3 Å². The Kier molecular flexibility index (Phi) is 4.02. The molecular weight excluding hydrogens is 362 g/mol. The molecule has 1 atom stereocenters. The molecule has 4 nitrogen and oxygen atoms in total. The van der Waals surface area contributed by atoms with Gasteiger partial charge >= 0.3 is 12.1 Å². The summed E-state index contributed by atoms with van der Waals surface area (Å²) in [6, 6.07) is 4.00. The number of carboxylic acids is 1. The van der Waals surface area contributed by atoms with Crippen molar-refractivity contribution in [1.82, 2.24) is 4.90 Å². The minimum Gasteiger partial charge on any atom is -0.481 e. The monoisotopic (exact) mass is 375 g/mol. The molecule has 1 aliphatic heterocycles. The van der Waals surface area contributed by atoms with E-state index >= 15 is 0 Å². The van der Waals surface area contributed by atoms with Crippen LogP contribution in [-0.4, -0.2) is 41.1 Å². The van der Waals surface area contributed by atoms with Crippen LogP contribution in [0.1, 0.15) is 21.7 Å². The van der Waals surface area contributed by atoms with Crippen molar-refractivity contribution in [3.05, 3.63) is 34.5 Å². The molecule has 0 bridgehead atoms. The van der Waals surface area contributed by atoms with Gasteiger partial charge in [-0.15, -0.1) is 11.3 Å². The molecular formula is C16H13F4NO3S. The Hall–Kier alpha value is -2.16. The molecule has 3 rings (SSSR count). The first-order valence-electron chi connectivity index (χ1n) is 7.35. The van der Waals surface area contributed by atoms with Gasteiger partial charge < -0.3 is 10.0 Å². The summed E-state index contributed by atoms with van der Waals surface area (Å²) in [6.07, 6.45) is -5.64. The molecule has 0 spiro atoms. The fraction of sp³-hybridized carbons (Fsp3) is 0.375. The molecule has 0 saturated carbocycles. The summed E-state index contributed by atoms with van der Waals surface area (Å²) in [7, 11) is 0. The van der Waals surface area contributed by atoms with E-state index in [1.807, 2.05) is 0 Å². The predicted molar refractivity (Wildman–Crippen MR) is 83.2 cm³/mol. The lowest BCUT2D eigenvalue weighted by Crippen LogP contribution is -2.47. The van der Waals surface area contributed by atoms with Gasteiger partial charge in [-0.3, -0.25) is 9.59 Å². The van der Waals surface area contributed by atoms with Crippen molar-refractivity contribution in [2.75, 3.05) is 13.1 Å². The summed E-state index contributed by atoms with van der Waals surface area (Å²) in [5.74, 6) is -3.12. The van der Waals surface area contributed by atoms with Crippen LogP contribution in [0.4, 0.5) is 17.6 Å². The molecule has 9 heteroatoms. The molecule has 0 aliphatic carbocycles. The first-order valence-corrected chi connectivity index (χ1v) is 8.16. The van der Waals surface area contributed by atoms with Gasteiger partial charge in [0.05, 0.1) is 4.88 Å². The first kappa shape index (κ1) is 17.7. The van der Waals surface area contributed by atoms with Gasteiger partial charge in [0.2, 0.25) is 0 Å². The fourth-order valence-electron chi connectivity index (χ4n) is 3.05. The van der Waals surface area contributed by atoms with E-state index in [9.17, 15) is 27.2 Å². The number of fused-ring (bicyclic) bond motifs is 1. The molecule has 0 radical (unpaired) electrons. The van der Waals surface area contributed by atoms with Crippen molar-refractivity contribution >= 4 is 33.3 Å². The Morgan fingerprint density at radius 2 is 2.00 bits per heavy atom. The highest BCUT2D eigenvalue weighted by Gasteiger charge is 2.64. The maximum Gasteiger partial charge on any atom is 0.406 e. The lowest BCUT2D eigenvalue weighted by molar-refractivity contribution is -0.227. The van der Waals surface area contributed by atoms with Crippen molar-refractivity contribution in [3.8, 4) is 0 Å². The van der Waals surface area contributed by atoms with E-state index in [2.05, 4.69) is 0 Å². The number of alkyl halides is 3. The van der Waals surface area contributed by atoms with Crippen LogP contribution in [0.5, 0.6) is 0 Å². The smallest absolute Gasteiger partial charge is 0.406 e. The molecule has 1 aromatic heterocycles. The first-order chi connectivity index (χ1) is 11.6. The van der Waals surface area contributed by atoms with Gasteiger partial charge in [-0.05, 0) is 42.5 Å². The highest BCUT2D eigenvalue weighted by molar-refractivity contribution is 7.21. The number of aliphatic carboxylic acids is 1. The van der Waals surface area contributed by atoms with Crippen LogP contribution in [0.3, 0.4) is 0 Å². The highest BCUT2D eigenvalue weighted by atomic mass is 32.1. The number of halogens is 4. The van der Waals surface area contributed by atoms with E-state index < -0.39 is 42.3 Å². The standard InChI is InChI=1S/C16H13F4NO3S/c1-8-10-6-9(17)2-3-11(10)25-12(8)13(22)21-5-4-15(7-21,14(23)24)16(18,19)20/h2-3,6H,4-5,7H2,1H3,(H,23,24). The minimum atomic E-state index is -4.95. The third-order valence-corrected chi connectivity index (χ3v) is 5.86. The second-order valence-corrected chi connectivity index (χ2v) is 7.11. The van der Waals surface area contributed by atoms with Crippen LogP contribution in [0.2, 0.25) is 0 Å². The van der Waals surface area contributed by atoms with Crippen LogP contribution >= 0.6 is 11.3 Å². The number of likely N-dealkylation sites (tertiary alicyclic amines) is 1. The molecule has 1 unspecified atom stereocenters. The lowest BCUT2D eigenvalue weighted by Gasteiger charge is -2.27. The van der Waals surface area contributed by atoms with Crippen LogP contribution in [-0.2, 0) is 4.79 Å². The minimum absolute atomic E-state index is 0.198. The summed E-state index contributed by atoms with van der Waals surface area (Å²) < 4.78 is 53.7. The number of rotatable bonds is 2. The molecule has 1 aromatic carbocycles. The van der Waals surface area contributed by atoms with Crippen LogP contribution in [0, 0.1) is 18.2 Å². The highest BCUT2D eigenvalue weighted by Crippen LogP contribution is 2.46. The van der Waals surface area contributed by atoms with Crippen molar-refractivity contribution in [2.24, 2.45) is 5.41 Å². The van der Waals surface area contributed by atoms with E-state index in [4.69, 9.17) is 5.11 Å². The van der Waals surface area contributed by atoms with Gasteiger partial charge in [0.25, 0.3) is 5.91 Å². The summed E-state index contributed by atoms with van der Waals surface area (Å²) in [5, 5.41) is 9.59. The van der Waals surface area contributed by atoms with Gasteiger partial charge in [0.15, 0.2) is 5.41 Å². The topological polar surface area (TPSA) is 57.6 Å². The van der Waals surface area contributed by atoms with Gasteiger partial charge in [-0.1, -0.05) is 0 Å². The van der Waals surface area contributed by atoms with E-state index in [1.54, 1.807) is 6.92 Å². The number of thiophene rings is 1. The zero-order valence-electron chi connectivity index (χ0n) is 13.0. The summed E-state index contributed by atoms with van der Waals surface area (Å²) in [5.41, 5.74) is -2.47. The number of nitrogens with zero attached hydrogens (tertiary/aromatic N) is 1. The quantitative estimate of drug-likeness (QED) is 0.812. The van der Waals surface area contributed by atoms with Gasteiger partial charge in [0.1, 0.15) is 5.82 Å². The zero-order valence-corrected chi connectivity index (χ0v) is 13.8. The number of carbonyl (C=O) groups is 2. The maximum absolute atomic E-state index is 13.4. The maximum atomic E-state index is 13.4. The average Bonchev–Trinajstić information content (AvgIpc) is 3.10. The Bertz CT molecular complexity index is 876. The number of hydrogen-bond donors (Lipinski definition) is 1. The number of benzene rings is 1. The Morgan fingerprint density at radius 1 is 1.32 bits per heavy atom. The summed E-state index contributed by atoms with van der Waals surface area (Å²) >= 11 is 1.06. The van der Waals surface area contributed by atoms with E-state index in [0.29, 0.717) is 15.6 Å². The Morgan fingerprint density at radius 3 is 2.56 bits per heavy atom. The molecule has 25 heavy (non-hydrogen) atoms. The number of amides is 1. The van der Waals surface area contributed by atoms with Gasteiger partial charge in [-0.25, -0.2) is 4.39 Å². The van der Waals surface area contributed by atoms with Crippen molar-refractivity contribution in [3.63, 3.8) is 0 Å². The van der Waals surface area contributed by atoms with Crippen LogP contribution < -0.4 is 0 Å². The van der Waals surface area contributed by atoms with E-state index in [0.717, 1.165) is 16.2 Å². The molecule has 1 saturated heterocycles. The fourth-order valence-corrected chi connectivity index (χ4v) is 4.21. The molecule has 134 valence electrons. The van der Waals surface area contributed by atoms with Crippen molar-refractivity contribution in [1.29, 1.82) is 0 Å². The molecule has 2 heterocycles. The lowest BCUT2D eigenvalue weighted by atomic mass is 9.86. The predicted octanol–water partition coefficient (Wildman–Crippen LogP) is 3.83. The van der Waals surface area contributed by atoms with Crippen molar-refractivity contribution in [2.45, 2.75) is 19.5 Å². The third-order valence-electron chi connectivity index (χ3n) is 4.60. The third kappa shape index (κ3) is 2.66. The van der Waals surface area contributed by atoms with Crippen LogP contribution in [0.15, 0.2) is 18.2 Å². The Balaban J connectivity index is 1.95. The summed E-state index contributed by atoms with van der Waals surface area (Å²) in [4.78, 5) is 25.0.